The predicted octanol–water partition coefficient (Wildman–Crippen LogP) is 6.04. The molecule has 0 aromatic rings. The number of hydrogen-bond donors (Lipinski definition) is 0. The molecule has 0 aliphatic heterocycles. The van der Waals surface area contributed by atoms with Gasteiger partial charge < -0.3 is 0 Å². The molecule has 0 N–H and O–H groups in total. The Balaban J connectivity index is 3.10. The summed E-state index contributed by atoms with van der Waals surface area (Å²) in [6, 6.07) is 0. The van der Waals surface area contributed by atoms with Crippen LogP contribution in [0.15, 0.2) is 0 Å². The highest BCUT2D eigenvalue weighted by Gasteiger charge is 2.02. The molecule has 2 heteroatoms. The number of thiocarbonyl (C=S) groups is 1. The minimum absolute atomic E-state index is 0.323. The lowest BCUT2D eigenvalue weighted by atomic mass is 10.0. The van der Waals surface area contributed by atoms with Crippen molar-refractivity contribution >= 4 is 22.9 Å². The number of carbonyl (C=O) groups excluding carboxylic acids is 1. The molecular formula is C17H32OS. The van der Waals surface area contributed by atoms with Gasteiger partial charge in [-0.15, -0.1) is 0 Å². The molecule has 0 bridgehead atoms. The Morgan fingerprint density at radius 1 is 0.789 bits per heavy atom. The van der Waals surface area contributed by atoms with Crippen molar-refractivity contribution in [3.63, 3.8) is 0 Å². The highest BCUT2D eigenvalue weighted by molar-refractivity contribution is 7.80. The smallest absolute Gasteiger partial charge is 0.137 e. The van der Waals surface area contributed by atoms with Crippen LogP contribution in [0.1, 0.15) is 97.3 Å². The normalized spacial score (nSPS) is 10.6. The molecule has 0 radical (unpaired) electrons. The fraction of sp³-hybridized carbons (Fsp3) is 0.882. The van der Waals surface area contributed by atoms with E-state index in [0.29, 0.717) is 12.2 Å². The summed E-state index contributed by atoms with van der Waals surface area (Å²) in [7, 11) is 0. The molecule has 0 amide bonds. The van der Waals surface area contributed by atoms with Crippen LogP contribution in [0.5, 0.6) is 0 Å². The predicted molar refractivity (Wildman–Crippen MR) is 89.0 cm³/mol. The first-order chi connectivity index (χ1) is 9.16. The lowest BCUT2D eigenvalue weighted by Crippen LogP contribution is -2.02. The summed E-state index contributed by atoms with van der Waals surface area (Å²) in [4.78, 5) is 12.3. The molecule has 1 nitrogen and oxygen atoms in total. The van der Waals surface area contributed by atoms with Gasteiger partial charge in [0, 0.05) is 12.8 Å². The van der Waals surface area contributed by atoms with E-state index in [4.69, 9.17) is 12.2 Å². The minimum Gasteiger partial charge on any atom is -0.299 e. The van der Waals surface area contributed by atoms with E-state index in [-0.39, 0.29) is 0 Å². The fourth-order valence-corrected chi connectivity index (χ4v) is 2.51. The van der Waals surface area contributed by atoms with Crippen LogP contribution < -0.4 is 0 Å². The zero-order valence-corrected chi connectivity index (χ0v) is 13.8. The number of Topliss-reactive ketones (excluding diaryl/α,β-unsaturated/α-hetero) is 1. The second-order valence-corrected chi connectivity index (χ2v) is 6.40. The van der Waals surface area contributed by atoms with Gasteiger partial charge in [-0.05, 0) is 18.2 Å². The van der Waals surface area contributed by atoms with Crippen LogP contribution in [0.25, 0.3) is 0 Å². The molecule has 19 heavy (non-hydrogen) atoms. The van der Waals surface area contributed by atoms with Crippen LogP contribution in [0, 0.1) is 0 Å². The summed E-state index contributed by atoms with van der Waals surface area (Å²) >= 11 is 4.94. The molecule has 0 saturated heterocycles. The monoisotopic (exact) mass is 284 g/mol. The topological polar surface area (TPSA) is 17.1 Å². The van der Waals surface area contributed by atoms with Gasteiger partial charge in [-0.2, -0.15) is 0 Å². The van der Waals surface area contributed by atoms with Crippen molar-refractivity contribution in [2.75, 3.05) is 0 Å². The maximum atomic E-state index is 11.4. The number of rotatable bonds is 14. The summed E-state index contributed by atoms with van der Waals surface area (Å²) in [6.45, 7) is 4.12. The molecule has 0 fully saturated rings. The third kappa shape index (κ3) is 15.7. The molecule has 0 spiro atoms. The van der Waals surface area contributed by atoms with E-state index in [1.807, 2.05) is 6.92 Å². The van der Waals surface area contributed by atoms with Crippen molar-refractivity contribution in [3.05, 3.63) is 0 Å². The third-order valence-electron chi connectivity index (χ3n) is 3.51. The molecule has 0 unspecified atom stereocenters. The number of carbonyl (C=O) groups is 1. The maximum Gasteiger partial charge on any atom is 0.137 e. The molecule has 0 aromatic carbocycles. The Morgan fingerprint density at radius 2 is 1.21 bits per heavy atom. The van der Waals surface area contributed by atoms with E-state index in [2.05, 4.69) is 6.92 Å². The van der Waals surface area contributed by atoms with Gasteiger partial charge in [-0.1, -0.05) is 83.3 Å². The highest BCUT2D eigenvalue weighted by Crippen LogP contribution is 2.12. The summed E-state index contributed by atoms with van der Waals surface area (Å²) < 4.78 is 0. The van der Waals surface area contributed by atoms with E-state index in [1.54, 1.807) is 0 Å². The Hall–Kier alpha value is -0.240. The highest BCUT2D eigenvalue weighted by atomic mass is 32.1. The summed E-state index contributed by atoms with van der Waals surface area (Å²) in [5, 5.41) is 0. The van der Waals surface area contributed by atoms with E-state index >= 15 is 0 Å². The second-order valence-electron chi connectivity index (χ2n) is 5.70. The summed E-state index contributed by atoms with van der Waals surface area (Å²) in [5.41, 5.74) is 0. The van der Waals surface area contributed by atoms with E-state index in [9.17, 15) is 4.79 Å². The maximum absolute atomic E-state index is 11.4. The molecule has 0 aliphatic rings. The minimum atomic E-state index is 0.323. The standard InChI is InChI=1S/C17H32OS/c1-3-4-5-6-7-8-9-10-11-12-13-14-17(18)15-16(2)19/h3-15H2,1-2H3. The van der Waals surface area contributed by atoms with E-state index in [0.717, 1.165) is 17.7 Å². The Kier molecular flexibility index (Phi) is 14.0. The molecule has 112 valence electrons. The molecule has 0 atom stereocenters. The average molecular weight is 285 g/mol. The van der Waals surface area contributed by atoms with Gasteiger partial charge in [-0.3, -0.25) is 4.79 Å². The quantitative estimate of drug-likeness (QED) is 0.286. The molecule has 0 heterocycles. The molecule has 0 saturated carbocycles. The van der Waals surface area contributed by atoms with Gasteiger partial charge in [0.05, 0.1) is 0 Å². The van der Waals surface area contributed by atoms with Crippen molar-refractivity contribution < 1.29 is 4.79 Å². The lowest BCUT2D eigenvalue weighted by molar-refractivity contribution is -0.118. The van der Waals surface area contributed by atoms with Crippen LogP contribution in [0.3, 0.4) is 0 Å². The van der Waals surface area contributed by atoms with Crippen LogP contribution in [-0.2, 0) is 4.79 Å². The Morgan fingerprint density at radius 3 is 1.63 bits per heavy atom. The molecule has 0 aliphatic carbocycles. The van der Waals surface area contributed by atoms with Crippen molar-refractivity contribution in [1.29, 1.82) is 0 Å². The number of hydrogen-bond acceptors (Lipinski definition) is 2. The number of ketones is 1. The molecule has 0 rings (SSSR count). The first kappa shape index (κ1) is 18.8. The summed E-state index contributed by atoms with van der Waals surface area (Å²) in [6.07, 6.45) is 15.9. The van der Waals surface area contributed by atoms with Crippen molar-refractivity contribution in [1.82, 2.24) is 0 Å². The van der Waals surface area contributed by atoms with Gasteiger partial charge in [0.25, 0.3) is 0 Å². The van der Waals surface area contributed by atoms with Gasteiger partial charge in [0.2, 0.25) is 0 Å². The zero-order valence-electron chi connectivity index (χ0n) is 13.0. The van der Waals surface area contributed by atoms with Crippen LogP contribution in [-0.4, -0.2) is 10.6 Å². The van der Waals surface area contributed by atoms with Crippen LogP contribution >= 0.6 is 12.2 Å². The van der Waals surface area contributed by atoms with Gasteiger partial charge in [0.1, 0.15) is 5.78 Å². The zero-order chi connectivity index (χ0) is 14.3. The second kappa shape index (κ2) is 14.2. The molecular weight excluding hydrogens is 252 g/mol. The Labute approximate surface area is 125 Å². The lowest BCUT2D eigenvalue weighted by Gasteiger charge is -2.02. The van der Waals surface area contributed by atoms with Crippen LogP contribution in [0.4, 0.5) is 0 Å². The Bertz CT molecular complexity index is 235. The van der Waals surface area contributed by atoms with Crippen molar-refractivity contribution in [2.24, 2.45) is 0 Å². The number of unbranched alkanes of at least 4 members (excludes halogenated alkanes) is 10. The van der Waals surface area contributed by atoms with Crippen LogP contribution in [0.2, 0.25) is 0 Å². The van der Waals surface area contributed by atoms with Gasteiger partial charge in [-0.25, -0.2) is 0 Å². The fourth-order valence-electron chi connectivity index (χ4n) is 2.35. The SMILES string of the molecule is CCCCCCCCCCCCCC(=O)CC(C)=S. The van der Waals surface area contributed by atoms with E-state index in [1.165, 1.54) is 64.2 Å². The first-order valence-electron chi connectivity index (χ1n) is 8.18. The van der Waals surface area contributed by atoms with Gasteiger partial charge >= 0.3 is 0 Å². The molecule has 0 aromatic heterocycles. The first-order valence-corrected chi connectivity index (χ1v) is 8.58. The van der Waals surface area contributed by atoms with Crippen molar-refractivity contribution in [3.8, 4) is 0 Å². The largest absolute Gasteiger partial charge is 0.299 e. The third-order valence-corrected chi connectivity index (χ3v) is 3.65. The van der Waals surface area contributed by atoms with Gasteiger partial charge in [0.15, 0.2) is 0 Å². The summed E-state index contributed by atoms with van der Waals surface area (Å²) in [5.74, 6) is 0.323. The average Bonchev–Trinajstić information content (AvgIpc) is 2.35. The van der Waals surface area contributed by atoms with E-state index < -0.39 is 0 Å². The van der Waals surface area contributed by atoms with Crippen molar-refractivity contribution in [2.45, 2.75) is 97.3 Å².